The molecular formula is C15H21N2O6P. The highest BCUT2D eigenvalue weighted by atomic mass is 31.1. The number of ether oxygens (including phenoxy) is 4. The number of carbonyl (C=O) groups excluding carboxylic acids is 1. The number of aliphatic hydroxyl groups excluding tert-OH is 1. The van der Waals surface area contributed by atoms with Crippen molar-refractivity contribution in [3.05, 3.63) is 0 Å². The van der Waals surface area contributed by atoms with Gasteiger partial charge < -0.3 is 29.5 Å². The normalized spacial score (nSPS) is 43.5. The molecule has 0 bridgehead atoms. The molecule has 2 N–H and O–H groups in total. The maximum Gasteiger partial charge on any atom is 0.310 e. The number of rotatable bonds is 3. The Balaban J connectivity index is 1.85. The van der Waals surface area contributed by atoms with Gasteiger partial charge in [-0.1, -0.05) is 0 Å². The van der Waals surface area contributed by atoms with Gasteiger partial charge in [-0.2, -0.15) is 5.26 Å². The van der Waals surface area contributed by atoms with Crippen LogP contribution in [0, 0.1) is 28.6 Å². The van der Waals surface area contributed by atoms with Crippen LogP contribution in [0.2, 0.25) is 0 Å². The molecule has 3 aliphatic heterocycles. The molecule has 3 heterocycles. The molecule has 3 aliphatic rings. The second-order valence-electron chi connectivity index (χ2n) is 6.59. The number of esters is 1. The number of fused-ring (bicyclic) bond motifs is 1. The van der Waals surface area contributed by atoms with Crippen LogP contribution >= 0.6 is 7.92 Å². The Morgan fingerprint density at radius 2 is 2.17 bits per heavy atom. The van der Waals surface area contributed by atoms with E-state index in [4.69, 9.17) is 24.4 Å². The van der Waals surface area contributed by atoms with E-state index in [9.17, 15) is 15.2 Å². The van der Waals surface area contributed by atoms with Crippen LogP contribution in [0.25, 0.3) is 0 Å². The van der Waals surface area contributed by atoms with Gasteiger partial charge in [0.2, 0.25) is 0 Å². The van der Waals surface area contributed by atoms with Gasteiger partial charge in [0.05, 0.1) is 31.2 Å². The highest BCUT2D eigenvalue weighted by molar-refractivity contribution is 7.76. The van der Waals surface area contributed by atoms with Crippen molar-refractivity contribution in [2.24, 2.45) is 11.8 Å². The van der Waals surface area contributed by atoms with Crippen molar-refractivity contribution in [3.63, 3.8) is 0 Å². The first-order chi connectivity index (χ1) is 11.3. The molecule has 8 nitrogen and oxygen atoms in total. The second-order valence-corrected chi connectivity index (χ2v) is 8.88. The first-order valence-electron chi connectivity index (χ1n) is 7.77. The quantitative estimate of drug-likeness (QED) is 0.562. The highest BCUT2D eigenvalue weighted by Gasteiger charge is 2.60. The zero-order valence-corrected chi connectivity index (χ0v) is 14.7. The number of nitrogens with one attached hydrogen (secondary N) is 1. The van der Waals surface area contributed by atoms with Gasteiger partial charge in [-0.15, -0.1) is 0 Å². The van der Waals surface area contributed by atoms with Crippen molar-refractivity contribution < 1.29 is 28.8 Å². The summed E-state index contributed by atoms with van der Waals surface area (Å²) in [5, 5.41) is 27.3. The first kappa shape index (κ1) is 17.7. The minimum absolute atomic E-state index is 0.213. The summed E-state index contributed by atoms with van der Waals surface area (Å²) < 4.78 is 22.4. The van der Waals surface area contributed by atoms with E-state index in [0.29, 0.717) is 6.16 Å². The van der Waals surface area contributed by atoms with Crippen molar-refractivity contribution in [1.82, 2.24) is 0 Å². The molecule has 0 radical (unpaired) electrons. The van der Waals surface area contributed by atoms with E-state index in [1.165, 1.54) is 7.11 Å². The smallest absolute Gasteiger partial charge is 0.310 e. The fraction of sp³-hybridized carbons (Fsp3) is 0.800. The zero-order chi connectivity index (χ0) is 17.6. The molecule has 3 rings (SSSR count). The van der Waals surface area contributed by atoms with E-state index >= 15 is 0 Å². The third-order valence-corrected chi connectivity index (χ3v) is 7.37. The van der Waals surface area contributed by atoms with Crippen molar-refractivity contribution in [3.8, 4) is 6.07 Å². The topological polar surface area (TPSA) is 122 Å². The van der Waals surface area contributed by atoms with E-state index in [0.717, 1.165) is 0 Å². The predicted molar refractivity (Wildman–Crippen MR) is 83.7 cm³/mol. The number of carbonyl (C=O) groups is 1. The Bertz CT molecular complexity index is 591. The van der Waals surface area contributed by atoms with Gasteiger partial charge in [-0.25, -0.2) is 0 Å². The molecule has 0 aromatic rings. The lowest BCUT2D eigenvalue weighted by atomic mass is 9.97. The summed E-state index contributed by atoms with van der Waals surface area (Å²) in [5.74, 6) is -3.19. The van der Waals surface area contributed by atoms with Gasteiger partial charge >= 0.3 is 5.97 Å². The van der Waals surface area contributed by atoms with Crippen LogP contribution in [-0.4, -0.2) is 66.4 Å². The van der Waals surface area contributed by atoms with E-state index in [-0.39, 0.29) is 12.1 Å². The molecular weight excluding hydrogens is 335 g/mol. The minimum Gasteiger partial charge on any atom is -0.469 e. The van der Waals surface area contributed by atoms with Crippen molar-refractivity contribution in [1.29, 1.82) is 10.7 Å². The third-order valence-electron chi connectivity index (χ3n) is 4.66. The van der Waals surface area contributed by atoms with E-state index in [1.54, 1.807) is 13.8 Å². The molecule has 0 aliphatic carbocycles. The standard InChI is InChI=1S/C15H21N2O6P/c1-15(2)22-10-9(5-18)21-14(11(10)23-15)24-6-8(13(19)20-3)7(4-16)12(24)17/h7-11,14,17-18H,5-6H2,1-3H3/t7?,8?,9-,10-,11-,14+,24?/m1/s1. The molecule has 0 saturated carbocycles. The predicted octanol–water partition coefficient (Wildman–Crippen LogP) is 0.625. The van der Waals surface area contributed by atoms with Crippen LogP contribution < -0.4 is 0 Å². The summed E-state index contributed by atoms with van der Waals surface area (Å²) in [6, 6.07) is 2.05. The number of nitrogens with zero attached hydrogens (tertiary/aromatic N) is 1. The number of nitriles is 1. The second kappa shape index (κ2) is 6.32. The number of hydrogen-bond donors (Lipinski definition) is 2. The zero-order valence-electron chi connectivity index (χ0n) is 13.8. The number of methoxy groups -OCH3 is 1. The van der Waals surface area contributed by atoms with Crippen LogP contribution in [0.3, 0.4) is 0 Å². The van der Waals surface area contributed by atoms with Gasteiger partial charge in [-0.3, -0.25) is 4.79 Å². The van der Waals surface area contributed by atoms with Gasteiger partial charge in [0, 0.05) is 0 Å². The Morgan fingerprint density at radius 1 is 1.50 bits per heavy atom. The maximum atomic E-state index is 11.9. The van der Waals surface area contributed by atoms with E-state index < -0.39 is 55.7 Å². The number of hydrogen-bond acceptors (Lipinski definition) is 8. The maximum absolute atomic E-state index is 11.9. The molecule has 0 amide bonds. The average Bonchev–Trinajstić information content (AvgIpc) is 3.14. The molecule has 132 valence electrons. The van der Waals surface area contributed by atoms with E-state index in [2.05, 4.69) is 0 Å². The summed E-state index contributed by atoms with van der Waals surface area (Å²) >= 11 is 0. The summed E-state index contributed by atoms with van der Waals surface area (Å²) in [7, 11) is 0.0651. The Morgan fingerprint density at radius 3 is 2.75 bits per heavy atom. The van der Waals surface area contributed by atoms with Gasteiger partial charge in [0.25, 0.3) is 0 Å². The Labute approximate surface area is 141 Å². The molecule has 3 unspecified atom stereocenters. The molecule has 9 heteroatoms. The minimum atomic E-state index is -1.21. The van der Waals surface area contributed by atoms with Gasteiger partial charge in [0.1, 0.15) is 30.1 Å². The van der Waals surface area contributed by atoms with Gasteiger partial charge in [0.15, 0.2) is 5.79 Å². The summed E-state index contributed by atoms with van der Waals surface area (Å²) in [6.45, 7) is 3.37. The van der Waals surface area contributed by atoms with Crippen molar-refractivity contribution in [2.75, 3.05) is 19.9 Å². The van der Waals surface area contributed by atoms with Crippen LogP contribution in [0.1, 0.15) is 13.8 Å². The molecule has 7 atom stereocenters. The lowest BCUT2D eigenvalue weighted by molar-refractivity contribution is -0.181. The Hall–Kier alpha value is -1.10. The fourth-order valence-electron chi connectivity index (χ4n) is 3.60. The third kappa shape index (κ3) is 2.75. The summed E-state index contributed by atoms with van der Waals surface area (Å²) in [5.41, 5.74) is 0.221. The van der Waals surface area contributed by atoms with Crippen molar-refractivity contribution in [2.45, 2.75) is 43.8 Å². The summed E-state index contributed by atoms with van der Waals surface area (Å²) in [6.07, 6.45) is -1.01. The fourth-order valence-corrected chi connectivity index (χ4v) is 6.54. The molecule has 24 heavy (non-hydrogen) atoms. The van der Waals surface area contributed by atoms with Crippen molar-refractivity contribution >= 4 is 19.3 Å². The SMILES string of the molecule is COC(=O)C1CP([C@@H]2O[C@H](CO)[C@H]3OC(C)(C)O[C@H]32)C(=N)C1C#N. The Kier molecular flexibility index (Phi) is 4.67. The van der Waals surface area contributed by atoms with Crippen LogP contribution in [0.15, 0.2) is 0 Å². The van der Waals surface area contributed by atoms with E-state index in [1.807, 2.05) is 6.07 Å². The molecule has 0 aromatic carbocycles. The molecule has 3 saturated heterocycles. The first-order valence-corrected chi connectivity index (χ1v) is 9.37. The van der Waals surface area contributed by atoms with Gasteiger partial charge in [-0.05, 0) is 27.9 Å². The highest BCUT2D eigenvalue weighted by Crippen LogP contribution is 2.60. The molecule has 0 spiro atoms. The average molecular weight is 356 g/mol. The molecule has 0 aromatic heterocycles. The monoisotopic (exact) mass is 356 g/mol. The summed E-state index contributed by atoms with van der Waals surface area (Å²) in [4.78, 5) is 11.9. The van der Waals surface area contributed by atoms with Crippen LogP contribution in [-0.2, 0) is 23.7 Å². The molecule has 3 fully saturated rings. The lowest BCUT2D eigenvalue weighted by Crippen LogP contribution is -2.31. The van der Waals surface area contributed by atoms with Crippen LogP contribution in [0.5, 0.6) is 0 Å². The largest absolute Gasteiger partial charge is 0.469 e. The number of aliphatic hydroxyl groups is 1. The van der Waals surface area contributed by atoms with Crippen LogP contribution in [0.4, 0.5) is 0 Å². The lowest BCUT2D eigenvalue weighted by Gasteiger charge is -2.27.